The van der Waals surface area contributed by atoms with Crippen molar-refractivity contribution in [2.75, 3.05) is 0 Å². The minimum atomic E-state index is -0.693. The Morgan fingerprint density at radius 2 is 1.74 bits per heavy atom. The van der Waals surface area contributed by atoms with Crippen LogP contribution in [0.15, 0.2) is 23.5 Å². The molecular formula is C30H39N5O3. The number of nitrogens with zero attached hydrogens (tertiary/aromatic N) is 5. The molecule has 1 fully saturated rings. The minimum absolute atomic E-state index is 0.113. The molecular weight excluding hydrogens is 478 g/mol. The third-order valence-electron chi connectivity index (χ3n) is 8.65. The topological polar surface area (TPSA) is 102 Å². The summed E-state index contributed by atoms with van der Waals surface area (Å²) in [5.41, 5.74) is 5.89. The fourth-order valence-electron chi connectivity index (χ4n) is 6.10. The summed E-state index contributed by atoms with van der Waals surface area (Å²) in [5.74, 6) is 0.866. The summed E-state index contributed by atoms with van der Waals surface area (Å²) in [4.78, 5) is 27.2. The standard InChI is InChI=1S/C30H39N5O3/c1-6-23-14-21(15-24(7-2)32-23)12-13-30(22-10-8-9-11-22)17-26(36)25(28(37)38-30)16-27-33-29-31-19(4)18(3)20(5)35(29)34-27/h14-15,22,36H,6-13,16-17H2,1-5H3/t30-/m1/s1. The van der Waals surface area contributed by atoms with Crippen LogP contribution in [0.25, 0.3) is 5.78 Å². The van der Waals surface area contributed by atoms with Crippen LogP contribution >= 0.6 is 0 Å². The van der Waals surface area contributed by atoms with E-state index in [-0.39, 0.29) is 23.7 Å². The molecule has 8 nitrogen and oxygen atoms in total. The van der Waals surface area contributed by atoms with Crippen LogP contribution in [0.3, 0.4) is 0 Å². The summed E-state index contributed by atoms with van der Waals surface area (Å²) in [6, 6.07) is 4.34. The van der Waals surface area contributed by atoms with Gasteiger partial charge in [-0.1, -0.05) is 26.7 Å². The molecule has 1 aliphatic carbocycles. The maximum atomic E-state index is 13.5. The SMILES string of the molecule is CCc1cc(CC[C@]2(C3CCCC3)CC(O)=C(Cc3nc4nc(C)c(C)c(C)n4n3)C(=O)O2)cc(CC)n1. The first kappa shape index (κ1) is 26.3. The molecule has 0 saturated heterocycles. The molecule has 4 heterocycles. The van der Waals surface area contributed by atoms with Crippen molar-refractivity contribution in [1.82, 2.24) is 24.6 Å². The first-order valence-electron chi connectivity index (χ1n) is 14.1. The molecule has 5 rings (SSSR count). The van der Waals surface area contributed by atoms with Crippen LogP contribution in [0.2, 0.25) is 0 Å². The van der Waals surface area contributed by atoms with Crippen molar-refractivity contribution in [3.05, 3.63) is 63.2 Å². The zero-order chi connectivity index (χ0) is 27.0. The van der Waals surface area contributed by atoms with Crippen LogP contribution in [-0.2, 0) is 35.2 Å². The number of hydrogen-bond donors (Lipinski definition) is 1. The van der Waals surface area contributed by atoms with E-state index in [0.717, 1.165) is 73.3 Å². The van der Waals surface area contributed by atoms with Crippen LogP contribution in [0.5, 0.6) is 0 Å². The number of aryl methyl sites for hydroxylation is 5. The van der Waals surface area contributed by atoms with Gasteiger partial charge in [0.25, 0.3) is 5.78 Å². The summed E-state index contributed by atoms with van der Waals surface area (Å²) < 4.78 is 8.04. The molecule has 0 unspecified atom stereocenters. The minimum Gasteiger partial charge on any atom is -0.512 e. The van der Waals surface area contributed by atoms with Gasteiger partial charge in [0.2, 0.25) is 0 Å². The second-order valence-corrected chi connectivity index (χ2v) is 11.0. The summed E-state index contributed by atoms with van der Waals surface area (Å²) >= 11 is 0. The molecule has 2 aliphatic rings. The average Bonchev–Trinajstić information content (AvgIpc) is 3.59. The highest BCUT2D eigenvalue weighted by Gasteiger charge is 2.48. The lowest BCUT2D eigenvalue weighted by Gasteiger charge is -2.41. The van der Waals surface area contributed by atoms with Gasteiger partial charge in [-0.05, 0) is 88.5 Å². The molecule has 3 aromatic rings. The van der Waals surface area contributed by atoms with E-state index in [1.807, 2.05) is 20.8 Å². The molecule has 38 heavy (non-hydrogen) atoms. The fraction of sp³-hybridized carbons (Fsp3) is 0.567. The second-order valence-electron chi connectivity index (χ2n) is 11.0. The maximum absolute atomic E-state index is 13.5. The number of aliphatic hydroxyl groups excluding tert-OH is 1. The Morgan fingerprint density at radius 1 is 1.05 bits per heavy atom. The highest BCUT2D eigenvalue weighted by molar-refractivity contribution is 5.90. The summed E-state index contributed by atoms with van der Waals surface area (Å²) in [6.07, 6.45) is 8.01. The number of rotatable bonds is 8. The van der Waals surface area contributed by atoms with Crippen molar-refractivity contribution in [2.45, 2.75) is 104 Å². The molecule has 1 atom stereocenters. The molecule has 1 aliphatic heterocycles. The van der Waals surface area contributed by atoms with Gasteiger partial charge in [-0.2, -0.15) is 4.98 Å². The highest BCUT2D eigenvalue weighted by atomic mass is 16.6. The number of ether oxygens (including phenoxy) is 1. The largest absolute Gasteiger partial charge is 0.512 e. The molecule has 0 aromatic carbocycles. The smallest absolute Gasteiger partial charge is 0.338 e. The first-order chi connectivity index (χ1) is 18.2. The van der Waals surface area contributed by atoms with Crippen molar-refractivity contribution >= 4 is 11.7 Å². The molecule has 0 bridgehead atoms. The molecule has 1 saturated carbocycles. The monoisotopic (exact) mass is 517 g/mol. The number of pyridine rings is 1. The Hall–Kier alpha value is -3.29. The molecule has 0 spiro atoms. The van der Waals surface area contributed by atoms with Gasteiger partial charge >= 0.3 is 5.97 Å². The van der Waals surface area contributed by atoms with Crippen molar-refractivity contribution in [1.29, 1.82) is 0 Å². The number of aromatic nitrogens is 5. The van der Waals surface area contributed by atoms with Gasteiger partial charge in [0.15, 0.2) is 5.82 Å². The molecule has 0 radical (unpaired) electrons. The third-order valence-corrected chi connectivity index (χ3v) is 8.65. The van der Waals surface area contributed by atoms with Gasteiger partial charge in [0.1, 0.15) is 11.4 Å². The fourth-order valence-corrected chi connectivity index (χ4v) is 6.10. The van der Waals surface area contributed by atoms with E-state index in [4.69, 9.17) is 9.72 Å². The second kappa shape index (κ2) is 10.5. The van der Waals surface area contributed by atoms with E-state index in [1.54, 1.807) is 4.52 Å². The Bertz CT molecular complexity index is 1380. The Labute approximate surface area is 224 Å². The van der Waals surface area contributed by atoms with E-state index in [0.29, 0.717) is 24.4 Å². The normalized spacial score (nSPS) is 20.5. The molecule has 202 valence electrons. The van der Waals surface area contributed by atoms with E-state index < -0.39 is 11.6 Å². The number of fused-ring (bicyclic) bond motifs is 1. The van der Waals surface area contributed by atoms with E-state index in [1.165, 1.54) is 5.56 Å². The Kier molecular flexibility index (Phi) is 7.25. The summed E-state index contributed by atoms with van der Waals surface area (Å²) in [6.45, 7) is 10.2. The third kappa shape index (κ3) is 4.93. The van der Waals surface area contributed by atoms with Crippen LogP contribution in [-0.4, -0.2) is 41.2 Å². The van der Waals surface area contributed by atoms with Crippen molar-refractivity contribution in [2.24, 2.45) is 5.92 Å². The predicted molar refractivity (Wildman–Crippen MR) is 145 cm³/mol. The van der Waals surface area contributed by atoms with E-state index >= 15 is 0 Å². The number of carbonyl (C=O) groups is 1. The van der Waals surface area contributed by atoms with E-state index in [9.17, 15) is 9.90 Å². The van der Waals surface area contributed by atoms with Crippen molar-refractivity contribution < 1.29 is 14.6 Å². The number of hydrogen-bond acceptors (Lipinski definition) is 7. The molecule has 8 heteroatoms. The maximum Gasteiger partial charge on any atom is 0.338 e. The first-order valence-corrected chi connectivity index (χ1v) is 14.1. The molecule has 3 aromatic heterocycles. The van der Waals surface area contributed by atoms with Gasteiger partial charge in [-0.15, -0.1) is 5.10 Å². The number of esters is 1. The number of aliphatic hydroxyl groups is 1. The van der Waals surface area contributed by atoms with Crippen LogP contribution in [0.1, 0.15) is 92.1 Å². The molecule has 0 amide bonds. The Balaban J connectivity index is 1.42. The summed E-state index contributed by atoms with van der Waals surface area (Å²) in [7, 11) is 0. The van der Waals surface area contributed by atoms with Crippen molar-refractivity contribution in [3.63, 3.8) is 0 Å². The quantitative estimate of drug-likeness (QED) is 0.397. The average molecular weight is 518 g/mol. The van der Waals surface area contributed by atoms with Gasteiger partial charge in [-0.25, -0.2) is 14.3 Å². The van der Waals surface area contributed by atoms with Gasteiger partial charge in [0, 0.05) is 35.6 Å². The lowest BCUT2D eigenvalue weighted by atomic mass is 9.76. The highest BCUT2D eigenvalue weighted by Crippen LogP contribution is 2.46. The van der Waals surface area contributed by atoms with Crippen LogP contribution in [0.4, 0.5) is 0 Å². The number of carbonyl (C=O) groups excluding carboxylic acids is 1. The zero-order valence-corrected chi connectivity index (χ0v) is 23.3. The lowest BCUT2D eigenvalue weighted by molar-refractivity contribution is -0.167. The van der Waals surface area contributed by atoms with Crippen LogP contribution < -0.4 is 0 Å². The Morgan fingerprint density at radius 3 is 2.37 bits per heavy atom. The summed E-state index contributed by atoms with van der Waals surface area (Å²) in [5, 5.41) is 15.9. The van der Waals surface area contributed by atoms with Gasteiger partial charge < -0.3 is 9.84 Å². The van der Waals surface area contributed by atoms with Crippen molar-refractivity contribution in [3.8, 4) is 0 Å². The van der Waals surface area contributed by atoms with Gasteiger partial charge in [-0.3, -0.25) is 4.98 Å². The van der Waals surface area contributed by atoms with E-state index in [2.05, 4.69) is 41.0 Å². The number of cyclic esters (lactones) is 1. The van der Waals surface area contributed by atoms with Gasteiger partial charge in [0.05, 0.1) is 5.57 Å². The lowest BCUT2D eigenvalue weighted by Crippen LogP contribution is -2.46. The zero-order valence-electron chi connectivity index (χ0n) is 23.3. The van der Waals surface area contributed by atoms with Crippen LogP contribution in [0, 0.1) is 26.7 Å². The molecule has 1 N–H and O–H groups in total. The predicted octanol–water partition coefficient (Wildman–Crippen LogP) is 5.43.